The third kappa shape index (κ3) is 4.72. The molecule has 0 atom stereocenters. The molecule has 0 unspecified atom stereocenters. The minimum absolute atomic E-state index is 0.0540. The van der Waals surface area contributed by atoms with Gasteiger partial charge in [-0.25, -0.2) is 9.78 Å². The van der Waals surface area contributed by atoms with Crippen molar-refractivity contribution in [1.29, 1.82) is 0 Å². The van der Waals surface area contributed by atoms with E-state index in [0.717, 1.165) is 36.4 Å². The Morgan fingerprint density at radius 2 is 1.91 bits per heavy atom. The molecule has 23 heavy (non-hydrogen) atoms. The SMILES string of the molecule is CCCSc1ncccc1C(=O)Oc1ccc(C(F)(F)F)cc1. The van der Waals surface area contributed by atoms with E-state index in [0.29, 0.717) is 10.6 Å². The summed E-state index contributed by atoms with van der Waals surface area (Å²) >= 11 is 1.43. The molecule has 0 aliphatic carbocycles. The van der Waals surface area contributed by atoms with E-state index >= 15 is 0 Å². The highest BCUT2D eigenvalue weighted by Crippen LogP contribution is 2.30. The molecule has 0 spiro atoms. The topological polar surface area (TPSA) is 39.2 Å². The molecular formula is C16H14F3NO2S. The molecule has 3 nitrogen and oxygen atoms in total. The lowest BCUT2D eigenvalue weighted by molar-refractivity contribution is -0.137. The third-order valence-corrected chi connectivity index (χ3v) is 4.04. The first-order valence-corrected chi connectivity index (χ1v) is 7.87. The fourth-order valence-electron chi connectivity index (χ4n) is 1.73. The first-order chi connectivity index (χ1) is 10.9. The maximum absolute atomic E-state index is 12.5. The van der Waals surface area contributed by atoms with Crippen molar-refractivity contribution in [1.82, 2.24) is 4.98 Å². The number of hydrogen-bond acceptors (Lipinski definition) is 4. The predicted octanol–water partition coefficient (Wildman–Crippen LogP) is 4.82. The van der Waals surface area contributed by atoms with Gasteiger partial charge in [-0.1, -0.05) is 6.92 Å². The number of pyridine rings is 1. The monoisotopic (exact) mass is 341 g/mol. The molecule has 0 aliphatic heterocycles. The van der Waals surface area contributed by atoms with Crippen LogP contribution in [0.4, 0.5) is 13.2 Å². The number of aromatic nitrogens is 1. The maximum atomic E-state index is 12.5. The van der Waals surface area contributed by atoms with Gasteiger partial charge in [-0.3, -0.25) is 0 Å². The average molecular weight is 341 g/mol. The Morgan fingerprint density at radius 1 is 1.22 bits per heavy atom. The average Bonchev–Trinajstić information content (AvgIpc) is 2.53. The van der Waals surface area contributed by atoms with Crippen molar-refractivity contribution in [3.05, 3.63) is 53.7 Å². The smallest absolute Gasteiger partial charge is 0.416 e. The molecule has 0 fully saturated rings. The van der Waals surface area contributed by atoms with Gasteiger partial charge in [0.15, 0.2) is 0 Å². The maximum Gasteiger partial charge on any atom is 0.416 e. The molecule has 122 valence electrons. The number of ether oxygens (including phenoxy) is 1. The first-order valence-electron chi connectivity index (χ1n) is 6.89. The lowest BCUT2D eigenvalue weighted by Crippen LogP contribution is -2.11. The number of hydrogen-bond donors (Lipinski definition) is 0. The Hall–Kier alpha value is -2.02. The lowest BCUT2D eigenvalue weighted by Gasteiger charge is -2.09. The van der Waals surface area contributed by atoms with E-state index in [1.807, 2.05) is 6.92 Å². The van der Waals surface area contributed by atoms with Crippen molar-refractivity contribution in [3.8, 4) is 5.75 Å². The molecule has 1 aromatic heterocycles. The Labute approximate surface area is 135 Å². The van der Waals surface area contributed by atoms with Gasteiger partial charge in [0, 0.05) is 6.20 Å². The standard InChI is InChI=1S/C16H14F3NO2S/c1-2-10-23-14-13(4-3-9-20-14)15(21)22-12-7-5-11(6-8-12)16(17,18)19/h3-9H,2,10H2,1H3. The Kier molecular flexibility index (Phi) is 5.65. The first kappa shape index (κ1) is 17.3. The largest absolute Gasteiger partial charge is 0.423 e. The highest BCUT2D eigenvalue weighted by molar-refractivity contribution is 7.99. The second-order valence-electron chi connectivity index (χ2n) is 4.62. The van der Waals surface area contributed by atoms with Crippen LogP contribution >= 0.6 is 11.8 Å². The lowest BCUT2D eigenvalue weighted by atomic mass is 10.2. The fraction of sp³-hybridized carbons (Fsp3) is 0.250. The summed E-state index contributed by atoms with van der Waals surface area (Å²) in [4.78, 5) is 16.3. The van der Waals surface area contributed by atoms with Gasteiger partial charge in [0.05, 0.1) is 11.1 Å². The Bertz CT molecular complexity index is 672. The van der Waals surface area contributed by atoms with Crippen molar-refractivity contribution in [2.75, 3.05) is 5.75 Å². The van der Waals surface area contributed by atoms with Gasteiger partial charge in [0.2, 0.25) is 0 Å². The molecule has 0 saturated carbocycles. The highest BCUT2D eigenvalue weighted by Gasteiger charge is 2.30. The van der Waals surface area contributed by atoms with Crippen LogP contribution in [0.15, 0.2) is 47.6 Å². The second kappa shape index (κ2) is 7.50. The van der Waals surface area contributed by atoms with Crippen LogP contribution in [-0.2, 0) is 6.18 Å². The summed E-state index contributed by atoms with van der Waals surface area (Å²) in [5, 5.41) is 0.547. The third-order valence-electron chi connectivity index (χ3n) is 2.83. The van der Waals surface area contributed by atoms with Gasteiger partial charge in [-0.2, -0.15) is 13.2 Å². The van der Waals surface area contributed by atoms with Crippen LogP contribution in [0.2, 0.25) is 0 Å². The summed E-state index contributed by atoms with van der Waals surface area (Å²) in [6, 6.07) is 7.18. The molecule has 0 N–H and O–H groups in total. The quantitative estimate of drug-likeness (QED) is 0.444. The Morgan fingerprint density at radius 3 is 2.52 bits per heavy atom. The van der Waals surface area contributed by atoms with Crippen LogP contribution in [0.5, 0.6) is 5.75 Å². The van der Waals surface area contributed by atoms with Crippen LogP contribution in [0.1, 0.15) is 29.3 Å². The number of alkyl halides is 3. The van der Waals surface area contributed by atoms with E-state index in [9.17, 15) is 18.0 Å². The van der Waals surface area contributed by atoms with Crippen molar-refractivity contribution < 1.29 is 22.7 Å². The zero-order valence-corrected chi connectivity index (χ0v) is 13.1. The molecule has 2 rings (SSSR count). The van der Waals surface area contributed by atoms with Gasteiger partial charge < -0.3 is 4.74 Å². The van der Waals surface area contributed by atoms with Crippen molar-refractivity contribution >= 4 is 17.7 Å². The van der Waals surface area contributed by atoms with Crippen LogP contribution in [0.3, 0.4) is 0 Å². The van der Waals surface area contributed by atoms with Crippen LogP contribution in [0.25, 0.3) is 0 Å². The number of benzene rings is 1. The Balaban J connectivity index is 2.13. The summed E-state index contributed by atoms with van der Waals surface area (Å²) in [5.41, 5.74) is -0.497. The van der Waals surface area contributed by atoms with Crippen molar-refractivity contribution in [3.63, 3.8) is 0 Å². The summed E-state index contributed by atoms with van der Waals surface area (Å²) in [7, 11) is 0. The molecule has 2 aromatic rings. The highest BCUT2D eigenvalue weighted by atomic mass is 32.2. The van der Waals surface area contributed by atoms with E-state index in [1.165, 1.54) is 11.8 Å². The van der Waals surface area contributed by atoms with Crippen LogP contribution < -0.4 is 4.74 Å². The molecule has 1 aromatic carbocycles. The second-order valence-corrected chi connectivity index (χ2v) is 5.70. The van der Waals surface area contributed by atoms with E-state index in [-0.39, 0.29) is 5.75 Å². The van der Waals surface area contributed by atoms with Gasteiger partial charge in [-0.15, -0.1) is 11.8 Å². The molecule has 7 heteroatoms. The fourth-order valence-corrected chi connectivity index (χ4v) is 2.57. The number of thioether (sulfide) groups is 1. The summed E-state index contributed by atoms with van der Waals surface area (Å²) in [5.74, 6) is 0.215. The molecular weight excluding hydrogens is 327 g/mol. The van der Waals surface area contributed by atoms with Gasteiger partial charge in [0.25, 0.3) is 0 Å². The number of carbonyl (C=O) groups excluding carboxylic acids is 1. The molecule has 1 heterocycles. The van der Waals surface area contributed by atoms with E-state index in [2.05, 4.69) is 4.98 Å². The molecule has 0 radical (unpaired) electrons. The zero-order chi connectivity index (χ0) is 16.9. The number of nitrogens with zero attached hydrogens (tertiary/aromatic N) is 1. The molecule has 0 amide bonds. The van der Waals surface area contributed by atoms with Gasteiger partial charge in [0.1, 0.15) is 10.8 Å². The normalized spacial score (nSPS) is 11.3. The molecule has 0 aliphatic rings. The van der Waals surface area contributed by atoms with Gasteiger partial charge >= 0.3 is 12.1 Å². The van der Waals surface area contributed by atoms with Crippen LogP contribution in [-0.4, -0.2) is 16.7 Å². The number of carbonyl (C=O) groups is 1. The van der Waals surface area contributed by atoms with Crippen molar-refractivity contribution in [2.24, 2.45) is 0 Å². The van der Waals surface area contributed by atoms with Crippen molar-refractivity contribution in [2.45, 2.75) is 24.5 Å². The number of halogens is 3. The summed E-state index contributed by atoms with van der Waals surface area (Å²) in [6.45, 7) is 2.01. The molecule has 0 bridgehead atoms. The minimum atomic E-state index is -4.42. The molecule has 0 saturated heterocycles. The summed E-state index contributed by atoms with van der Waals surface area (Å²) < 4.78 is 42.6. The van der Waals surface area contributed by atoms with E-state index in [4.69, 9.17) is 4.74 Å². The number of rotatable bonds is 5. The number of esters is 1. The zero-order valence-electron chi connectivity index (χ0n) is 12.3. The van der Waals surface area contributed by atoms with Gasteiger partial charge in [-0.05, 0) is 48.6 Å². The van der Waals surface area contributed by atoms with E-state index < -0.39 is 17.7 Å². The van der Waals surface area contributed by atoms with E-state index in [1.54, 1.807) is 18.3 Å². The summed E-state index contributed by atoms with van der Waals surface area (Å²) in [6.07, 6.45) is -1.92. The minimum Gasteiger partial charge on any atom is -0.423 e. The predicted molar refractivity (Wildman–Crippen MR) is 81.7 cm³/mol. The van der Waals surface area contributed by atoms with Crippen LogP contribution in [0, 0.1) is 0 Å².